The van der Waals surface area contributed by atoms with Crippen LogP contribution in [-0.2, 0) is 6.54 Å². The summed E-state index contributed by atoms with van der Waals surface area (Å²) < 4.78 is 12.2. The number of furan rings is 1. The lowest BCUT2D eigenvalue weighted by molar-refractivity contribution is 0.0926. The van der Waals surface area contributed by atoms with Gasteiger partial charge in [-0.3, -0.25) is 9.59 Å². The fraction of sp³-hybridized carbons (Fsp3) is 0.136. The Labute approximate surface area is 166 Å². The molecule has 0 saturated carbocycles. The summed E-state index contributed by atoms with van der Waals surface area (Å²) in [7, 11) is 1.55. The summed E-state index contributed by atoms with van der Waals surface area (Å²) in [6.07, 6.45) is 0. The maximum Gasteiger partial charge on any atom is 0.287 e. The first-order valence-electron chi connectivity index (χ1n) is 9.14. The number of carbonyl (C=O) groups excluding carboxylic acids is 1. The van der Waals surface area contributed by atoms with Gasteiger partial charge in [0.15, 0.2) is 17.1 Å². The van der Waals surface area contributed by atoms with E-state index in [0.29, 0.717) is 17.0 Å². The predicted molar refractivity (Wildman–Crippen MR) is 109 cm³/mol. The standard InChI is InChI=1S/C22H19N3O4/c1-28-18-9-5-8-16-14-19(29-21(16)18)22(27)23-12-13-25-20(26)11-10-17(24-25)15-6-3-2-4-7-15/h2-11,14H,12-13H2,1H3,(H,23,27). The Morgan fingerprint density at radius 1 is 1.10 bits per heavy atom. The molecule has 0 atom stereocenters. The molecule has 0 unspecified atom stereocenters. The van der Waals surface area contributed by atoms with E-state index in [1.807, 2.05) is 42.5 Å². The predicted octanol–water partition coefficient (Wildman–Crippen LogP) is 3.10. The van der Waals surface area contributed by atoms with Crippen molar-refractivity contribution in [2.75, 3.05) is 13.7 Å². The monoisotopic (exact) mass is 389 g/mol. The largest absolute Gasteiger partial charge is 0.493 e. The third kappa shape index (κ3) is 3.89. The molecule has 0 radical (unpaired) electrons. The molecule has 0 bridgehead atoms. The SMILES string of the molecule is COc1cccc2cc(C(=O)NCCn3nc(-c4ccccc4)ccc3=O)oc12. The first kappa shape index (κ1) is 18.5. The van der Waals surface area contributed by atoms with E-state index in [0.717, 1.165) is 10.9 Å². The second kappa shape index (κ2) is 8.02. The molecular formula is C22H19N3O4. The number of amides is 1. The van der Waals surface area contributed by atoms with Crippen LogP contribution >= 0.6 is 0 Å². The van der Waals surface area contributed by atoms with Gasteiger partial charge in [-0.1, -0.05) is 42.5 Å². The molecule has 0 fully saturated rings. The van der Waals surface area contributed by atoms with E-state index in [4.69, 9.17) is 9.15 Å². The van der Waals surface area contributed by atoms with Crippen molar-refractivity contribution in [3.63, 3.8) is 0 Å². The van der Waals surface area contributed by atoms with E-state index in [1.54, 1.807) is 25.3 Å². The molecule has 7 heteroatoms. The second-order valence-corrected chi connectivity index (χ2v) is 6.39. The summed E-state index contributed by atoms with van der Waals surface area (Å²) in [6, 6.07) is 19.9. The van der Waals surface area contributed by atoms with Crippen LogP contribution in [0.1, 0.15) is 10.6 Å². The summed E-state index contributed by atoms with van der Waals surface area (Å²) in [5.41, 5.74) is 1.91. The Kier molecular flexibility index (Phi) is 5.11. The van der Waals surface area contributed by atoms with E-state index in [-0.39, 0.29) is 30.3 Å². The fourth-order valence-corrected chi connectivity index (χ4v) is 3.04. The van der Waals surface area contributed by atoms with Crippen LogP contribution < -0.4 is 15.6 Å². The van der Waals surface area contributed by atoms with Crippen LogP contribution in [0.25, 0.3) is 22.2 Å². The average Bonchev–Trinajstić information content (AvgIpc) is 3.20. The minimum atomic E-state index is -0.365. The van der Waals surface area contributed by atoms with Gasteiger partial charge in [0.25, 0.3) is 11.5 Å². The highest BCUT2D eigenvalue weighted by Crippen LogP contribution is 2.28. The van der Waals surface area contributed by atoms with Gasteiger partial charge in [0, 0.05) is 23.6 Å². The zero-order chi connectivity index (χ0) is 20.2. The van der Waals surface area contributed by atoms with E-state index >= 15 is 0 Å². The van der Waals surface area contributed by atoms with Gasteiger partial charge in [0.2, 0.25) is 0 Å². The molecule has 0 saturated heterocycles. The molecule has 0 spiro atoms. The summed E-state index contributed by atoms with van der Waals surface area (Å²) in [5.74, 6) is 0.383. The molecule has 4 rings (SSSR count). The maximum absolute atomic E-state index is 12.4. The normalized spacial score (nSPS) is 10.8. The van der Waals surface area contributed by atoms with Gasteiger partial charge < -0.3 is 14.5 Å². The van der Waals surface area contributed by atoms with Gasteiger partial charge in [-0.2, -0.15) is 5.10 Å². The average molecular weight is 389 g/mol. The zero-order valence-corrected chi connectivity index (χ0v) is 15.8. The van der Waals surface area contributed by atoms with Gasteiger partial charge in [-0.25, -0.2) is 4.68 Å². The van der Waals surface area contributed by atoms with E-state index in [1.165, 1.54) is 10.7 Å². The van der Waals surface area contributed by atoms with E-state index < -0.39 is 0 Å². The van der Waals surface area contributed by atoms with Gasteiger partial charge in [0.05, 0.1) is 19.3 Å². The van der Waals surface area contributed by atoms with Crippen molar-refractivity contribution in [2.24, 2.45) is 0 Å². The van der Waals surface area contributed by atoms with Gasteiger partial charge in [-0.05, 0) is 18.2 Å². The molecule has 2 aromatic heterocycles. The third-order valence-electron chi connectivity index (χ3n) is 4.50. The van der Waals surface area contributed by atoms with Crippen LogP contribution in [0.15, 0.2) is 75.9 Å². The lowest BCUT2D eigenvalue weighted by Crippen LogP contribution is -2.31. The minimum absolute atomic E-state index is 0.183. The summed E-state index contributed by atoms with van der Waals surface area (Å²) >= 11 is 0. The summed E-state index contributed by atoms with van der Waals surface area (Å²) in [4.78, 5) is 24.5. The van der Waals surface area contributed by atoms with Crippen molar-refractivity contribution in [2.45, 2.75) is 6.54 Å². The molecule has 0 aliphatic carbocycles. The number of hydrogen-bond donors (Lipinski definition) is 1. The number of methoxy groups -OCH3 is 1. The minimum Gasteiger partial charge on any atom is -0.493 e. The van der Waals surface area contributed by atoms with Crippen molar-refractivity contribution < 1.29 is 13.9 Å². The lowest BCUT2D eigenvalue weighted by Gasteiger charge is -2.08. The molecule has 1 amide bonds. The quantitative estimate of drug-likeness (QED) is 0.548. The zero-order valence-electron chi connectivity index (χ0n) is 15.8. The Hall–Kier alpha value is -3.87. The number of ether oxygens (including phenoxy) is 1. The van der Waals surface area contributed by atoms with Crippen molar-refractivity contribution in [1.82, 2.24) is 15.1 Å². The van der Waals surface area contributed by atoms with Crippen molar-refractivity contribution in [1.29, 1.82) is 0 Å². The molecule has 0 aliphatic heterocycles. The van der Waals surface area contributed by atoms with Crippen LogP contribution in [-0.4, -0.2) is 29.3 Å². The Balaban J connectivity index is 1.45. The number of fused-ring (bicyclic) bond motifs is 1. The Morgan fingerprint density at radius 3 is 2.72 bits per heavy atom. The fourth-order valence-electron chi connectivity index (χ4n) is 3.04. The van der Waals surface area contributed by atoms with Crippen LogP contribution in [0.2, 0.25) is 0 Å². The lowest BCUT2D eigenvalue weighted by atomic mass is 10.1. The summed E-state index contributed by atoms with van der Waals surface area (Å²) in [6.45, 7) is 0.479. The van der Waals surface area contributed by atoms with Gasteiger partial charge >= 0.3 is 0 Å². The molecular weight excluding hydrogens is 370 g/mol. The highest BCUT2D eigenvalue weighted by atomic mass is 16.5. The number of rotatable bonds is 6. The van der Waals surface area contributed by atoms with Crippen molar-refractivity contribution in [3.8, 4) is 17.0 Å². The van der Waals surface area contributed by atoms with E-state index in [9.17, 15) is 9.59 Å². The maximum atomic E-state index is 12.4. The number of benzene rings is 2. The van der Waals surface area contributed by atoms with Gasteiger partial charge in [-0.15, -0.1) is 0 Å². The molecule has 2 aromatic carbocycles. The highest BCUT2D eigenvalue weighted by Gasteiger charge is 2.14. The van der Waals surface area contributed by atoms with Crippen LogP contribution in [0.3, 0.4) is 0 Å². The van der Waals surface area contributed by atoms with Crippen LogP contribution in [0.4, 0.5) is 0 Å². The Bertz CT molecular complexity index is 1210. The molecule has 7 nitrogen and oxygen atoms in total. The van der Waals surface area contributed by atoms with Gasteiger partial charge in [0.1, 0.15) is 0 Å². The number of nitrogens with zero attached hydrogens (tertiary/aromatic N) is 2. The topological polar surface area (TPSA) is 86.4 Å². The second-order valence-electron chi connectivity index (χ2n) is 6.39. The number of nitrogens with one attached hydrogen (secondary N) is 1. The molecule has 1 N–H and O–H groups in total. The van der Waals surface area contributed by atoms with Crippen molar-refractivity contribution in [3.05, 3.63) is 82.8 Å². The molecule has 146 valence electrons. The molecule has 0 aliphatic rings. The first-order chi connectivity index (χ1) is 14.2. The summed E-state index contributed by atoms with van der Waals surface area (Å²) in [5, 5.41) is 7.92. The van der Waals surface area contributed by atoms with Crippen LogP contribution in [0.5, 0.6) is 5.75 Å². The van der Waals surface area contributed by atoms with E-state index in [2.05, 4.69) is 10.4 Å². The van der Waals surface area contributed by atoms with Crippen LogP contribution in [0, 0.1) is 0 Å². The molecule has 2 heterocycles. The number of hydrogen-bond acceptors (Lipinski definition) is 5. The number of aromatic nitrogens is 2. The molecule has 4 aromatic rings. The third-order valence-corrected chi connectivity index (χ3v) is 4.50. The smallest absolute Gasteiger partial charge is 0.287 e. The first-order valence-corrected chi connectivity index (χ1v) is 9.14. The molecule has 29 heavy (non-hydrogen) atoms. The number of carbonyl (C=O) groups is 1. The highest BCUT2D eigenvalue weighted by molar-refractivity contribution is 5.97. The Morgan fingerprint density at radius 2 is 1.93 bits per heavy atom. The number of para-hydroxylation sites is 1. The van der Waals surface area contributed by atoms with Crippen molar-refractivity contribution >= 4 is 16.9 Å².